The van der Waals surface area contributed by atoms with Gasteiger partial charge in [0, 0.05) is 5.02 Å². The second-order valence-corrected chi connectivity index (χ2v) is 4.11. The van der Waals surface area contributed by atoms with Crippen LogP contribution in [0.5, 0.6) is 0 Å². The molecule has 0 atom stereocenters. The molecule has 0 saturated carbocycles. The molecule has 4 N–H and O–H groups in total. The van der Waals surface area contributed by atoms with Gasteiger partial charge in [0.05, 0.1) is 11.4 Å². The highest BCUT2D eigenvalue weighted by atomic mass is 35.5. The molecule has 0 spiro atoms. The number of halogens is 1. The SMILES string of the molecule is Nc1n[nH]c(Nc2cc(Cl)ccc2-n2cncn2)n1. The lowest BCUT2D eigenvalue weighted by Crippen LogP contribution is -2.02. The van der Waals surface area contributed by atoms with Crippen LogP contribution in [-0.4, -0.2) is 29.9 Å². The fraction of sp³-hybridized carbons (Fsp3) is 0. The number of anilines is 3. The summed E-state index contributed by atoms with van der Waals surface area (Å²) >= 11 is 5.99. The third-order valence-corrected chi connectivity index (χ3v) is 2.62. The Labute approximate surface area is 112 Å². The van der Waals surface area contributed by atoms with Crippen molar-refractivity contribution in [1.29, 1.82) is 0 Å². The van der Waals surface area contributed by atoms with Crippen LogP contribution in [0.15, 0.2) is 30.9 Å². The molecule has 9 heteroatoms. The Kier molecular flexibility index (Phi) is 2.76. The first-order chi connectivity index (χ1) is 9.22. The minimum Gasteiger partial charge on any atom is -0.366 e. The highest BCUT2D eigenvalue weighted by molar-refractivity contribution is 6.31. The van der Waals surface area contributed by atoms with Gasteiger partial charge in [-0.3, -0.25) is 0 Å². The van der Waals surface area contributed by atoms with Crippen LogP contribution < -0.4 is 11.1 Å². The van der Waals surface area contributed by atoms with E-state index in [0.29, 0.717) is 16.7 Å². The number of nitrogens with one attached hydrogen (secondary N) is 2. The van der Waals surface area contributed by atoms with Gasteiger partial charge >= 0.3 is 0 Å². The smallest absolute Gasteiger partial charge is 0.241 e. The lowest BCUT2D eigenvalue weighted by Gasteiger charge is -2.09. The molecule has 3 rings (SSSR count). The largest absolute Gasteiger partial charge is 0.366 e. The predicted octanol–water partition coefficient (Wildman–Crippen LogP) is 1.36. The number of hydrogen-bond acceptors (Lipinski definition) is 6. The number of aromatic amines is 1. The van der Waals surface area contributed by atoms with Crippen molar-refractivity contribution >= 4 is 29.2 Å². The van der Waals surface area contributed by atoms with Gasteiger partial charge in [-0.1, -0.05) is 11.6 Å². The quantitative estimate of drug-likeness (QED) is 0.666. The summed E-state index contributed by atoms with van der Waals surface area (Å²) in [5.41, 5.74) is 6.93. The Balaban J connectivity index is 2.01. The molecule has 0 bridgehead atoms. The van der Waals surface area contributed by atoms with Crippen molar-refractivity contribution in [2.24, 2.45) is 0 Å². The number of hydrogen-bond donors (Lipinski definition) is 3. The van der Waals surface area contributed by atoms with Gasteiger partial charge in [0.2, 0.25) is 11.9 Å². The Bertz CT molecular complexity index is 689. The van der Waals surface area contributed by atoms with Gasteiger partial charge in [0.1, 0.15) is 12.7 Å². The maximum Gasteiger partial charge on any atom is 0.241 e. The van der Waals surface area contributed by atoms with Crippen molar-refractivity contribution in [3.63, 3.8) is 0 Å². The van der Waals surface area contributed by atoms with E-state index in [9.17, 15) is 0 Å². The van der Waals surface area contributed by atoms with Gasteiger partial charge < -0.3 is 11.1 Å². The van der Waals surface area contributed by atoms with Gasteiger partial charge in [-0.2, -0.15) is 10.1 Å². The summed E-state index contributed by atoms with van der Waals surface area (Å²) in [6.45, 7) is 0. The van der Waals surface area contributed by atoms with E-state index in [0.717, 1.165) is 5.69 Å². The molecule has 0 radical (unpaired) electrons. The highest BCUT2D eigenvalue weighted by Gasteiger charge is 2.08. The van der Waals surface area contributed by atoms with Crippen molar-refractivity contribution in [3.8, 4) is 5.69 Å². The number of nitrogen functional groups attached to an aromatic ring is 1. The van der Waals surface area contributed by atoms with Crippen molar-refractivity contribution in [3.05, 3.63) is 35.9 Å². The monoisotopic (exact) mass is 276 g/mol. The van der Waals surface area contributed by atoms with E-state index in [1.54, 1.807) is 23.1 Å². The van der Waals surface area contributed by atoms with Crippen LogP contribution in [0.2, 0.25) is 5.02 Å². The van der Waals surface area contributed by atoms with E-state index in [1.807, 2.05) is 6.07 Å². The first-order valence-electron chi connectivity index (χ1n) is 5.32. The zero-order valence-electron chi connectivity index (χ0n) is 9.58. The van der Waals surface area contributed by atoms with Crippen LogP contribution in [0.4, 0.5) is 17.6 Å². The van der Waals surface area contributed by atoms with Crippen LogP contribution in [0.1, 0.15) is 0 Å². The molecule has 3 aromatic rings. The second-order valence-electron chi connectivity index (χ2n) is 3.67. The van der Waals surface area contributed by atoms with Crippen molar-refractivity contribution in [1.82, 2.24) is 29.9 Å². The molecule has 8 nitrogen and oxygen atoms in total. The number of nitrogens with two attached hydrogens (primary N) is 1. The second kappa shape index (κ2) is 4.58. The van der Waals surface area contributed by atoms with Crippen LogP contribution in [0, 0.1) is 0 Å². The standard InChI is InChI=1S/C10H9ClN8/c11-6-1-2-8(19-5-13-4-14-19)7(3-6)15-10-16-9(12)17-18-10/h1-5H,(H4,12,15,16,17,18). The summed E-state index contributed by atoms with van der Waals surface area (Å²) in [4.78, 5) is 7.88. The Morgan fingerprint density at radius 2 is 2.26 bits per heavy atom. The van der Waals surface area contributed by atoms with E-state index >= 15 is 0 Å². The van der Waals surface area contributed by atoms with Gasteiger partial charge in [-0.25, -0.2) is 14.8 Å². The number of H-pyrrole nitrogens is 1. The lowest BCUT2D eigenvalue weighted by atomic mass is 10.2. The molecule has 2 heterocycles. The normalized spacial score (nSPS) is 10.6. The average molecular weight is 277 g/mol. The molecule has 2 aromatic heterocycles. The topological polar surface area (TPSA) is 110 Å². The highest BCUT2D eigenvalue weighted by Crippen LogP contribution is 2.25. The molecule has 96 valence electrons. The summed E-state index contributed by atoms with van der Waals surface area (Å²) in [6.07, 6.45) is 3.04. The van der Waals surface area contributed by atoms with Gasteiger partial charge in [-0.05, 0) is 18.2 Å². The van der Waals surface area contributed by atoms with Crippen molar-refractivity contribution in [2.45, 2.75) is 0 Å². The number of nitrogens with zero attached hydrogens (tertiary/aromatic N) is 5. The lowest BCUT2D eigenvalue weighted by molar-refractivity contribution is 0.880. The summed E-state index contributed by atoms with van der Waals surface area (Å²) in [7, 11) is 0. The number of aromatic nitrogens is 6. The minimum absolute atomic E-state index is 0.159. The molecule has 0 fully saturated rings. The van der Waals surface area contributed by atoms with Crippen molar-refractivity contribution < 1.29 is 0 Å². The van der Waals surface area contributed by atoms with Gasteiger partial charge in [0.15, 0.2) is 0 Å². The summed E-state index contributed by atoms with van der Waals surface area (Å²) in [6, 6.07) is 5.33. The van der Waals surface area contributed by atoms with Crippen LogP contribution in [0.25, 0.3) is 5.69 Å². The maximum atomic E-state index is 5.99. The van der Waals surface area contributed by atoms with E-state index in [-0.39, 0.29) is 5.95 Å². The van der Waals surface area contributed by atoms with E-state index in [2.05, 4.69) is 30.6 Å². The molecule has 19 heavy (non-hydrogen) atoms. The summed E-state index contributed by atoms with van der Waals surface area (Å²) < 4.78 is 1.61. The third-order valence-electron chi connectivity index (χ3n) is 2.38. The van der Waals surface area contributed by atoms with Crippen molar-refractivity contribution in [2.75, 3.05) is 11.1 Å². The van der Waals surface area contributed by atoms with Crippen LogP contribution in [0.3, 0.4) is 0 Å². The summed E-state index contributed by atoms with van der Waals surface area (Å²) in [5.74, 6) is 0.577. The zero-order chi connectivity index (χ0) is 13.2. The van der Waals surface area contributed by atoms with E-state index < -0.39 is 0 Å². The molecular formula is C10H9ClN8. The first-order valence-corrected chi connectivity index (χ1v) is 5.69. The fourth-order valence-electron chi connectivity index (χ4n) is 1.60. The van der Waals surface area contributed by atoms with E-state index in [1.165, 1.54) is 6.33 Å². The predicted molar refractivity (Wildman–Crippen MR) is 70.4 cm³/mol. The minimum atomic E-state index is 0.159. The molecule has 0 saturated heterocycles. The third kappa shape index (κ3) is 2.33. The van der Waals surface area contributed by atoms with E-state index in [4.69, 9.17) is 17.3 Å². The fourth-order valence-corrected chi connectivity index (χ4v) is 1.77. The van der Waals surface area contributed by atoms with Gasteiger partial charge in [-0.15, -0.1) is 5.10 Å². The first kappa shape index (κ1) is 11.5. The molecule has 0 aliphatic heterocycles. The molecule has 0 unspecified atom stereocenters. The average Bonchev–Trinajstić information content (AvgIpc) is 3.01. The maximum absolute atomic E-state index is 5.99. The Hall–Kier alpha value is -2.61. The number of rotatable bonds is 3. The van der Waals surface area contributed by atoms with Gasteiger partial charge in [0.25, 0.3) is 0 Å². The summed E-state index contributed by atoms with van der Waals surface area (Å²) in [5, 5.41) is 14.1. The van der Waals surface area contributed by atoms with Crippen LogP contribution >= 0.6 is 11.6 Å². The zero-order valence-corrected chi connectivity index (χ0v) is 10.3. The molecule has 0 aliphatic rings. The van der Waals surface area contributed by atoms with Crippen LogP contribution in [-0.2, 0) is 0 Å². The molecule has 0 amide bonds. The molecular weight excluding hydrogens is 268 g/mol. The number of benzene rings is 1. The Morgan fingerprint density at radius 1 is 1.37 bits per heavy atom. The molecule has 1 aromatic carbocycles. The Morgan fingerprint density at radius 3 is 2.95 bits per heavy atom. The molecule has 0 aliphatic carbocycles.